The van der Waals surface area contributed by atoms with E-state index in [1.54, 1.807) is 0 Å². The summed E-state index contributed by atoms with van der Waals surface area (Å²) < 4.78 is 0. The summed E-state index contributed by atoms with van der Waals surface area (Å²) in [6.45, 7) is 10.1. The van der Waals surface area contributed by atoms with E-state index >= 15 is 0 Å². The van der Waals surface area contributed by atoms with Crippen molar-refractivity contribution in [3.63, 3.8) is 0 Å². The van der Waals surface area contributed by atoms with Crippen LogP contribution in [0.15, 0.2) is 24.3 Å². The first-order chi connectivity index (χ1) is 10.2. The molecule has 1 N–H and O–H groups in total. The van der Waals surface area contributed by atoms with Crippen molar-refractivity contribution in [1.29, 1.82) is 0 Å². The van der Waals surface area contributed by atoms with Gasteiger partial charge in [0, 0.05) is 18.3 Å². The highest BCUT2D eigenvalue weighted by molar-refractivity contribution is 5.46. The van der Waals surface area contributed by atoms with Crippen LogP contribution in [0.3, 0.4) is 0 Å². The fourth-order valence-corrected chi connectivity index (χ4v) is 3.42. The molecule has 118 valence electrons. The highest BCUT2D eigenvalue weighted by Crippen LogP contribution is 2.28. The molecule has 1 aliphatic rings. The smallest absolute Gasteiger partial charge is 0.0345 e. The van der Waals surface area contributed by atoms with Crippen LogP contribution in [-0.4, -0.2) is 24.0 Å². The molecule has 0 amide bonds. The van der Waals surface area contributed by atoms with Gasteiger partial charge in [0.2, 0.25) is 0 Å². The molecule has 1 saturated carbocycles. The number of hydrogen-bond donors (Lipinski definition) is 1. The fourth-order valence-electron chi connectivity index (χ4n) is 3.42. The van der Waals surface area contributed by atoms with Gasteiger partial charge in [0.25, 0.3) is 0 Å². The normalized spacial score (nSPS) is 22.5. The maximum Gasteiger partial charge on any atom is 0.0345 e. The number of rotatable bonds is 7. The second-order valence-corrected chi connectivity index (χ2v) is 6.43. The van der Waals surface area contributed by atoms with Crippen LogP contribution in [0.2, 0.25) is 0 Å². The fraction of sp³-hybridized carbons (Fsp3) is 0.684. The Kier molecular flexibility index (Phi) is 6.56. The quantitative estimate of drug-likeness (QED) is 0.767. The summed E-state index contributed by atoms with van der Waals surface area (Å²) in [7, 11) is 0. The van der Waals surface area contributed by atoms with Crippen LogP contribution in [0.25, 0.3) is 0 Å². The molecule has 0 unspecified atom stereocenters. The van der Waals surface area contributed by atoms with Gasteiger partial charge in [-0.25, -0.2) is 0 Å². The first-order valence-electron chi connectivity index (χ1n) is 8.82. The summed E-state index contributed by atoms with van der Waals surface area (Å²) in [5.74, 6) is 0.969. The maximum atomic E-state index is 3.76. The zero-order valence-electron chi connectivity index (χ0n) is 14.1. The van der Waals surface area contributed by atoms with Crippen molar-refractivity contribution in [2.45, 2.75) is 65.5 Å². The van der Waals surface area contributed by atoms with Gasteiger partial charge in [-0.05, 0) is 62.4 Å². The van der Waals surface area contributed by atoms with E-state index in [4.69, 9.17) is 0 Å². The van der Waals surface area contributed by atoms with E-state index in [0.29, 0.717) is 6.04 Å². The van der Waals surface area contributed by atoms with Crippen LogP contribution in [-0.2, 0) is 6.54 Å². The molecule has 0 saturated heterocycles. The first-order valence-corrected chi connectivity index (χ1v) is 8.82. The summed E-state index contributed by atoms with van der Waals surface area (Å²) in [5, 5.41) is 3.76. The van der Waals surface area contributed by atoms with Crippen LogP contribution in [0.1, 0.15) is 58.4 Å². The summed E-state index contributed by atoms with van der Waals surface area (Å²) in [6.07, 6.45) is 6.81. The lowest BCUT2D eigenvalue weighted by atomic mass is 9.84. The summed E-state index contributed by atoms with van der Waals surface area (Å²) >= 11 is 0. The van der Waals surface area contributed by atoms with Crippen LogP contribution in [0.4, 0.5) is 5.69 Å². The van der Waals surface area contributed by atoms with Crippen molar-refractivity contribution in [1.82, 2.24) is 4.90 Å². The number of nitrogens with one attached hydrogen (secondary N) is 1. The van der Waals surface area contributed by atoms with Crippen LogP contribution in [0.5, 0.6) is 0 Å². The lowest BCUT2D eigenvalue weighted by Gasteiger charge is -2.29. The molecule has 0 bridgehead atoms. The summed E-state index contributed by atoms with van der Waals surface area (Å²) in [6, 6.07) is 9.68. The molecule has 2 rings (SSSR count). The van der Waals surface area contributed by atoms with Gasteiger partial charge in [-0.15, -0.1) is 0 Å². The van der Waals surface area contributed by atoms with E-state index < -0.39 is 0 Å². The average molecular weight is 288 g/mol. The third-order valence-corrected chi connectivity index (χ3v) is 5.02. The highest BCUT2D eigenvalue weighted by Gasteiger charge is 2.19. The molecular weight excluding hydrogens is 256 g/mol. The minimum absolute atomic E-state index is 0.677. The number of hydrogen-bond acceptors (Lipinski definition) is 2. The van der Waals surface area contributed by atoms with Gasteiger partial charge in [0.1, 0.15) is 0 Å². The van der Waals surface area contributed by atoms with Crippen LogP contribution < -0.4 is 5.32 Å². The molecule has 1 aromatic rings. The van der Waals surface area contributed by atoms with E-state index in [1.807, 2.05) is 0 Å². The topological polar surface area (TPSA) is 15.3 Å². The number of nitrogens with zero attached hydrogens (tertiary/aromatic N) is 1. The third kappa shape index (κ3) is 5.03. The number of anilines is 1. The number of benzene rings is 1. The van der Waals surface area contributed by atoms with E-state index in [-0.39, 0.29) is 0 Å². The van der Waals surface area contributed by atoms with E-state index in [0.717, 1.165) is 25.6 Å². The Hall–Kier alpha value is -1.02. The molecule has 2 nitrogen and oxygen atoms in total. The monoisotopic (exact) mass is 288 g/mol. The van der Waals surface area contributed by atoms with Gasteiger partial charge in [-0.2, -0.15) is 0 Å². The Labute approximate surface area is 130 Å². The molecule has 0 aromatic heterocycles. The van der Waals surface area contributed by atoms with Crippen molar-refractivity contribution < 1.29 is 0 Å². The van der Waals surface area contributed by atoms with Crippen LogP contribution >= 0.6 is 0 Å². The zero-order valence-corrected chi connectivity index (χ0v) is 14.1. The second kappa shape index (κ2) is 8.43. The average Bonchev–Trinajstić information content (AvgIpc) is 2.53. The molecule has 1 aromatic carbocycles. The molecule has 0 aliphatic heterocycles. The van der Waals surface area contributed by atoms with Gasteiger partial charge in [-0.1, -0.05) is 39.3 Å². The molecule has 1 fully saturated rings. The molecule has 0 heterocycles. The lowest BCUT2D eigenvalue weighted by Crippen LogP contribution is -2.26. The van der Waals surface area contributed by atoms with Gasteiger partial charge >= 0.3 is 0 Å². The molecule has 21 heavy (non-hydrogen) atoms. The predicted molar refractivity (Wildman–Crippen MR) is 92.7 cm³/mol. The molecule has 2 heteroatoms. The van der Waals surface area contributed by atoms with Crippen molar-refractivity contribution in [2.75, 3.05) is 18.4 Å². The zero-order chi connectivity index (χ0) is 15.1. The first kappa shape index (κ1) is 16.4. The van der Waals surface area contributed by atoms with Gasteiger partial charge in [-0.3, -0.25) is 4.90 Å². The third-order valence-electron chi connectivity index (χ3n) is 5.02. The Bertz CT molecular complexity index is 404. The van der Waals surface area contributed by atoms with Gasteiger partial charge < -0.3 is 5.32 Å². The lowest BCUT2D eigenvalue weighted by molar-refractivity contribution is 0.296. The Morgan fingerprint density at radius 1 is 1.05 bits per heavy atom. The van der Waals surface area contributed by atoms with Crippen molar-refractivity contribution in [3.05, 3.63) is 29.8 Å². The Morgan fingerprint density at radius 3 is 2.38 bits per heavy atom. The van der Waals surface area contributed by atoms with Crippen molar-refractivity contribution in [2.24, 2.45) is 5.92 Å². The summed E-state index contributed by atoms with van der Waals surface area (Å²) in [5.41, 5.74) is 2.73. The Balaban J connectivity index is 1.89. The minimum Gasteiger partial charge on any atom is -0.382 e. The second-order valence-electron chi connectivity index (χ2n) is 6.43. The SMILES string of the molecule is CCC1CCC(Nc2cccc(CN(CC)CC)c2)CC1. The molecule has 0 spiro atoms. The summed E-state index contributed by atoms with van der Waals surface area (Å²) in [4.78, 5) is 2.46. The minimum atomic E-state index is 0.677. The molecule has 0 radical (unpaired) electrons. The van der Waals surface area contributed by atoms with Gasteiger partial charge in [0.05, 0.1) is 0 Å². The van der Waals surface area contributed by atoms with Gasteiger partial charge in [0.15, 0.2) is 0 Å². The van der Waals surface area contributed by atoms with E-state index in [9.17, 15) is 0 Å². The van der Waals surface area contributed by atoms with E-state index in [1.165, 1.54) is 43.4 Å². The van der Waals surface area contributed by atoms with E-state index in [2.05, 4.69) is 55.3 Å². The van der Waals surface area contributed by atoms with Crippen molar-refractivity contribution in [3.8, 4) is 0 Å². The van der Waals surface area contributed by atoms with Crippen molar-refractivity contribution >= 4 is 5.69 Å². The molecular formula is C19H32N2. The largest absolute Gasteiger partial charge is 0.382 e. The molecule has 0 atom stereocenters. The maximum absolute atomic E-state index is 3.76. The standard InChI is InChI=1S/C19H32N2/c1-4-16-10-12-18(13-11-16)20-19-9-7-8-17(14-19)15-21(5-2)6-3/h7-9,14,16,18,20H,4-6,10-13,15H2,1-3H3. The predicted octanol–water partition coefficient (Wildman–Crippen LogP) is 4.91. The Morgan fingerprint density at radius 2 is 1.76 bits per heavy atom. The van der Waals surface area contributed by atoms with Crippen LogP contribution in [0, 0.1) is 5.92 Å². The highest BCUT2D eigenvalue weighted by atomic mass is 15.1. The molecule has 1 aliphatic carbocycles.